The smallest absolute Gasteiger partial charge is 0.462 e. The van der Waals surface area contributed by atoms with Crippen LogP contribution in [0.5, 0.6) is 0 Å². The van der Waals surface area contributed by atoms with Gasteiger partial charge >= 0.3 is 35.5 Å². The Bertz CT molecular complexity index is 514. The van der Waals surface area contributed by atoms with Gasteiger partial charge in [-0.3, -0.25) is 4.79 Å². The summed E-state index contributed by atoms with van der Waals surface area (Å²) in [6.07, 6.45) is 0. The normalized spacial score (nSPS) is 9.42. The second kappa shape index (κ2) is 8.28. The van der Waals surface area contributed by atoms with E-state index in [9.17, 15) is 9.59 Å². The zero-order valence-electron chi connectivity index (χ0n) is 11.2. The average molecular weight is 325 g/mol. The number of hydrogen-bond acceptors (Lipinski definition) is 6. The molecule has 0 unspecified atom stereocenters. The van der Waals surface area contributed by atoms with Crippen molar-refractivity contribution in [1.29, 1.82) is 0 Å². The maximum absolute atomic E-state index is 11.9. The summed E-state index contributed by atoms with van der Waals surface area (Å²) < 4.78 is 5.09. The molecule has 19 heavy (non-hydrogen) atoms. The molecule has 0 spiro atoms. The van der Waals surface area contributed by atoms with Crippen LogP contribution in [0.25, 0.3) is 0 Å². The number of carbonyl (C=O) groups excluding carboxylic acids is 2. The van der Waals surface area contributed by atoms with E-state index in [0.29, 0.717) is 21.0 Å². The van der Waals surface area contributed by atoms with Crippen molar-refractivity contribution in [3.63, 3.8) is 0 Å². The monoisotopic (exact) mass is 325 g/mol. The van der Waals surface area contributed by atoms with Crippen LogP contribution < -0.4 is 34.9 Å². The zero-order valence-corrected chi connectivity index (χ0v) is 15.6. The predicted molar refractivity (Wildman–Crippen MR) is 78.6 cm³/mol. The van der Waals surface area contributed by atoms with Crippen molar-refractivity contribution >= 4 is 57.3 Å². The molecular formula is C11H12NNaO3S3. The summed E-state index contributed by atoms with van der Waals surface area (Å²) in [5.74, 6) is -0.584. The van der Waals surface area contributed by atoms with Crippen LogP contribution in [0, 0.1) is 6.92 Å². The molecule has 98 valence electrons. The third-order valence-corrected chi connectivity index (χ3v) is 3.67. The van der Waals surface area contributed by atoms with E-state index >= 15 is 0 Å². The number of ketones is 1. The van der Waals surface area contributed by atoms with Gasteiger partial charge in [0.15, 0.2) is 5.78 Å². The number of thiocarbonyl (C=S) groups is 1. The summed E-state index contributed by atoms with van der Waals surface area (Å²) in [5.41, 5.74) is 0.930. The molecular weight excluding hydrogens is 313 g/mol. The first-order valence-electron chi connectivity index (χ1n) is 5.17. The van der Waals surface area contributed by atoms with E-state index in [2.05, 4.69) is 5.32 Å². The maximum Gasteiger partial charge on any atom is 1.00 e. The van der Waals surface area contributed by atoms with Crippen LogP contribution in [0.1, 0.15) is 39.4 Å². The molecule has 0 aliphatic rings. The van der Waals surface area contributed by atoms with Gasteiger partial charge in [-0.1, -0.05) is 4.32 Å². The minimum absolute atomic E-state index is 0. The van der Waals surface area contributed by atoms with Crippen LogP contribution in [0.15, 0.2) is 0 Å². The molecule has 1 aromatic rings. The molecule has 0 aliphatic heterocycles. The number of esters is 1. The molecule has 0 bridgehead atoms. The molecule has 1 aromatic heterocycles. The quantitative estimate of drug-likeness (QED) is 0.269. The van der Waals surface area contributed by atoms with E-state index in [-0.39, 0.29) is 46.3 Å². The van der Waals surface area contributed by atoms with Crippen molar-refractivity contribution < 1.29 is 43.9 Å². The number of Topliss-reactive ketones (excluding diaryl/α,β-unsaturated/α-hetero) is 1. The number of carbonyl (C=O) groups is 2. The molecule has 0 saturated heterocycles. The number of rotatable bonds is 4. The Morgan fingerprint density at radius 1 is 1.47 bits per heavy atom. The Kier molecular flexibility index (Phi) is 8.26. The van der Waals surface area contributed by atoms with Crippen molar-refractivity contribution in [2.45, 2.75) is 20.8 Å². The molecule has 0 radical (unpaired) electrons. The number of hydrogen-bond donors (Lipinski definition) is 1. The SMILES string of the molecule is CCOC(=O)c1c(NC(=S)[S-])sc(C(C)=O)c1C.[Na+]. The summed E-state index contributed by atoms with van der Waals surface area (Å²) in [4.78, 5) is 23.8. The Hall–Kier alpha value is -0.0500. The van der Waals surface area contributed by atoms with E-state index in [1.165, 1.54) is 6.92 Å². The average Bonchev–Trinajstić information content (AvgIpc) is 2.55. The first kappa shape index (κ1) is 18.9. The van der Waals surface area contributed by atoms with Crippen LogP contribution in [0.4, 0.5) is 5.00 Å². The van der Waals surface area contributed by atoms with Gasteiger partial charge in [0.05, 0.1) is 17.0 Å². The number of thiophene rings is 1. The zero-order chi connectivity index (χ0) is 13.9. The van der Waals surface area contributed by atoms with E-state index in [4.69, 9.17) is 29.6 Å². The molecule has 1 N–H and O–H groups in total. The van der Waals surface area contributed by atoms with Crippen LogP contribution in [0.3, 0.4) is 0 Å². The molecule has 8 heteroatoms. The molecule has 0 aliphatic carbocycles. The number of ether oxygens (including phenoxy) is 1. The van der Waals surface area contributed by atoms with Gasteiger partial charge in [0.1, 0.15) is 5.00 Å². The fraction of sp³-hybridized carbons (Fsp3) is 0.364. The van der Waals surface area contributed by atoms with Gasteiger partial charge in [-0.25, -0.2) is 4.79 Å². The Balaban J connectivity index is 0.00000324. The molecule has 0 amide bonds. The minimum Gasteiger partial charge on any atom is -0.462 e. The number of nitrogens with one attached hydrogen (secondary N) is 1. The van der Waals surface area contributed by atoms with E-state index < -0.39 is 5.97 Å². The first-order chi connectivity index (χ1) is 8.38. The van der Waals surface area contributed by atoms with Crippen LogP contribution in [-0.2, 0) is 17.4 Å². The molecule has 0 atom stereocenters. The van der Waals surface area contributed by atoms with Gasteiger partial charge in [-0.05, 0) is 26.3 Å². The van der Waals surface area contributed by atoms with Crippen LogP contribution >= 0.6 is 23.6 Å². The number of anilines is 1. The summed E-state index contributed by atoms with van der Waals surface area (Å²) in [6.45, 7) is 5.14. The second-order valence-corrected chi connectivity index (χ2v) is 5.54. The molecule has 0 fully saturated rings. The van der Waals surface area contributed by atoms with Gasteiger partial charge in [0.2, 0.25) is 0 Å². The topological polar surface area (TPSA) is 55.4 Å². The minimum atomic E-state index is -0.479. The molecule has 0 saturated carbocycles. The molecule has 1 heterocycles. The van der Waals surface area contributed by atoms with E-state index in [1.807, 2.05) is 0 Å². The van der Waals surface area contributed by atoms with Crippen LogP contribution in [0.2, 0.25) is 0 Å². The molecule has 0 aromatic carbocycles. The third-order valence-electron chi connectivity index (χ3n) is 2.16. The van der Waals surface area contributed by atoms with Crippen molar-refractivity contribution in [3.8, 4) is 0 Å². The fourth-order valence-electron chi connectivity index (χ4n) is 1.48. The third kappa shape index (κ3) is 4.77. The van der Waals surface area contributed by atoms with E-state index in [0.717, 1.165) is 11.3 Å². The van der Waals surface area contributed by atoms with Crippen molar-refractivity contribution in [2.75, 3.05) is 11.9 Å². The van der Waals surface area contributed by atoms with Gasteiger partial charge in [-0.15, -0.1) is 11.3 Å². The van der Waals surface area contributed by atoms with Gasteiger partial charge in [0.25, 0.3) is 0 Å². The Morgan fingerprint density at radius 3 is 2.47 bits per heavy atom. The molecule has 1 rings (SSSR count). The predicted octanol–water partition coefficient (Wildman–Crippen LogP) is -0.316. The van der Waals surface area contributed by atoms with E-state index in [1.54, 1.807) is 13.8 Å². The van der Waals surface area contributed by atoms with Crippen LogP contribution in [-0.4, -0.2) is 22.7 Å². The Morgan fingerprint density at radius 2 is 2.05 bits per heavy atom. The largest absolute Gasteiger partial charge is 1.00 e. The molecule has 4 nitrogen and oxygen atoms in total. The summed E-state index contributed by atoms with van der Waals surface area (Å²) in [5, 5.41) is 3.21. The van der Waals surface area contributed by atoms with Crippen molar-refractivity contribution in [1.82, 2.24) is 0 Å². The van der Waals surface area contributed by atoms with Gasteiger partial charge in [0, 0.05) is 0 Å². The van der Waals surface area contributed by atoms with Gasteiger partial charge in [-0.2, -0.15) is 0 Å². The fourth-order valence-corrected chi connectivity index (χ4v) is 2.91. The second-order valence-electron chi connectivity index (χ2n) is 3.45. The summed E-state index contributed by atoms with van der Waals surface area (Å²) >= 11 is 10.7. The standard InChI is InChI=1S/C11H13NO3S3.Na/c1-4-15-10(14)7-5(2)8(6(3)13)18-9(7)12-11(16)17;/h4H2,1-3H3,(H2,12,16,17);/q;+1/p-1. The Labute approximate surface area is 149 Å². The first-order valence-corrected chi connectivity index (χ1v) is 6.81. The summed E-state index contributed by atoms with van der Waals surface area (Å²) in [7, 11) is 0. The maximum atomic E-state index is 11.9. The van der Waals surface area contributed by atoms with Gasteiger partial charge < -0.3 is 34.9 Å². The van der Waals surface area contributed by atoms with Crippen molar-refractivity contribution in [3.05, 3.63) is 16.0 Å². The van der Waals surface area contributed by atoms with Crippen molar-refractivity contribution in [2.24, 2.45) is 0 Å². The summed E-state index contributed by atoms with van der Waals surface area (Å²) in [6, 6.07) is 0.